The number of hydrazone groups is 1. The summed E-state index contributed by atoms with van der Waals surface area (Å²) in [5, 5.41) is 7.37. The summed E-state index contributed by atoms with van der Waals surface area (Å²) in [4.78, 5) is 24.7. The van der Waals surface area contributed by atoms with Crippen LogP contribution in [0, 0.1) is 23.7 Å². The molecule has 6 heteroatoms. The first kappa shape index (κ1) is 19.0. The van der Waals surface area contributed by atoms with Crippen LogP contribution in [0.5, 0.6) is 5.75 Å². The van der Waals surface area contributed by atoms with Gasteiger partial charge in [0.25, 0.3) is 5.91 Å². The molecule has 28 heavy (non-hydrogen) atoms. The summed E-state index contributed by atoms with van der Waals surface area (Å²) in [6.07, 6.45) is 6.75. The minimum absolute atomic E-state index is 0.0115. The van der Waals surface area contributed by atoms with Crippen LogP contribution in [0.2, 0.25) is 0 Å². The molecule has 2 N–H and O–H groups in total. The maximum atomic E-state index is 12.5. The first-order chi connectivity index (χ1) is 13.5. The van der Waals surface area contributed by atoms with Crippen molar-refractivity contribution in [3.05, 3.63) is 29.8 Å². The fraction of sp³-hybridized carbons (Fsp3) is 0.591. The lowest BCUT2D eigenvalue weighted by molar-refractivity contribution is -0.123. The van der Waals surface area contributed by atoms with E-state index in [4.69, 9.17) is 4.74 Å². The highest BCUT2D eigenvalue weighted by Crippen LogP contribution is 2.53. The molecule has 6 nitrogen and oxygen atoms in total. The van der Waals surface area contributed by atoms with Gasteiger partial charge in [-0.2, -0.15) is 5.10 Å². The van der Waals surface area contributed by atoms with Crippen molar-refractivity contribution in [2.45, 2.75) is 51.5 Å². The number of rotatable bonds is 6. The number of hydrogen-bond acceptors (Lipinski definition) is 4. The lowest BCUT2D eigenvalue weighted by Gasteiger charge is -2.54. The van der Waals surface area contributed by atoms with Crippen molar-refractivity contribution in [2.75, 3.05) is 7.11 Å². The second kappa shape index (κ2) is 7.94. The van der Waals surface area contributed by atoms with Gasteiger partial charge in [0.05, 0.1) is 13.5 Å². The smallest absolute Gasteiger partial charge is 0.271 e. The van der Waals surface area contributed by atoms with Gasteiger partial charge < -0.3 is 10.1 Å². The maximum Gasteiger partial charge on any atom is 0.271 e. The number of nitrogens with zero attached hydrogens (tertiary/aromatic N) is 1. The van der Waals surface area contributed by atoms with Gasteiger partial charge in [0.2, 0.25) is 5.91 Å². The van der Waals surface area contributed by atoms with Crippen molar-refractivity contribution in [2.24, 2.45) is 28.8 Å². The molecule has 4 aliphatic carbocycles. The molecule has 4 bridgehead atoms. The van der Waals surface area contributed by atoms with E-state index in [0.717, 1.165) is 11.8 Å². The van der Waals surface area contributed by atoms with E-state index in [1.54, 1.807) is 38.3 Å². The second-order valence-electron chi connectivity index (χ2n) is 8.72. The zero-order chi connectivity index (χ0) is 19.7. The van der Waals surface area contributed by atoms with Crippen molar-refractivity contribution in [3.8, 4) is 5.75 Å². The number of nitrogens with one attached hydrogen (secondary N) is 2. The van der Waals surface area contributed by atoms with E-state index in [0.29, 0.717) is 34.9 Å². The van der Waals surface area contributed by atoms with Gasteiger partial charge in [0.15, 0.2) is 0 Å². The highest BCUT2D eigenvalue weighted by atomic mass is 16.5. The number of hydrogen-bond donors (Lipinski definition) is 2. The van der Waals surface area contributed by atoms with Gasteiger partial charge in [-0.25, -0.2) is 5.43 Å². The third kappa shape index (κ3) is 4.05. The Balaban J connectivity index is 1.27. The summed E-state index contributed by atoms with van der Waals surface area (Å²) in [6, 6.07) is 7.14. The molecule has 0 radical (unpaired) electrons. The molecule has 0 atom stereocenters. The highest BCUT2D eigenvalue weighted by Gasteiger charge is 2.48. The Labute approximate surface area is 166 Å². The third-order valence-corrected chi connectivity index (χ3v) is 6.67. The Hall–Kier alpha value is -2.37. The Bertz CT molecular complexity index is 744. The fourth-order valence-corrected chi connectivity index (χ4v) is 5.62. The number of benzene rings is 1. The van der Waals surface area contributed by atoms with Crippen LogP contribution in [0.15, 0.2) is 29.4 Å². The summed E-state index contributed by atoms with van der Waals surface area (Å²) in [7, 11) is 1.58. The first-order valence-electron chi connectivity index (χ1n) is 10.3. The van der Waals surface area contributed by atoms with Crippen molar-refractivity contribution < 1.29 is 14.3 Å². The highest BCUT2D eigenvalue weighted by molar-refractivity contribution is 6.01. The van der Waals surface area contributed by atoms with Gasteiger partial charge in [-0.3, -0.25) is 9.59 Å². The van der Waals surface area contributed by atoms with Crippen LogP contribution < -0.4 is 15.5 Å². The molecule has 5 rings (SSSR count). The number of carbonyl (C=O) groups excluding carboxylic acids is 2. The molecule has 4 aliphatic rings. The van der Waals surface area contributed by atoms with Crippen LogP contribution in [0.1, 0.15) is 55.8 Å². The SMILES string of the molecule is COc1ccc(C(=O)N/N=C(\C)CC(=O)NC2C3CC4CC(C3)CC2C4)cc1. The van der Waals surface area contributed by atoms with E-state index < -0.39 is 0 Å². The van der Waals surface area contributed by atoms with Crippen LogP contribution in [0.25, 0.3) is 0 Å². The molecule has 1 aromatic rings. The van der Waals surface area contributed by atoms with Gasteiger partial charge >= 0.3 is 0 Å². The lowest BCUT2D eigenvalue weighted by atomic mass is 9.54. The first-order valence-corrected chi connectivity index (χ1v) is 10.3. The van der Waals surface area contributed by atoms with Gasteiger partial charge in [0, 0.05) is 17.3 Å². The molecule has 0 heterocycles. The number of methoxy groups -OCH3 is 1. The van der Waals surface area contributed by atoms with Gasteiger partial charge in [-0.15, -0.1) is 0 Å². The Morgan fingerprint density at radius 1 is 1.04 bits per heavy atom. The normalized spacial score (nSPS) is 30.8. The minimum atomic E-state index is -0.302. The van der Waals surface area contributed by atoms with E-state index in [9.17, 15) is 9.59 Å². The molecule has 0 unspecified atom stereocenters. The van der Waals surface area contributed by atoms with Crippen molar-refractivity contribution in [3.63, 3.8) is 0 Å². The van der Waals surface area contributed by atoms with Crippen molar-refractivity contribution >= 4 is 17.5 Å². The van der Waals surface area contributed by atoms with Gasteiger partial charge in [-0.1, -0.05) is 0 Å². The van der Waals surface area contributed by atoms with Crippen LogP contribution in [0.4, 0.5) is 0 Å². The lowest BCUT2D eigenvalue weighted by Crippen LogP contribution is -2.56. The Morgan fingerprint density at radius 3 is 2.21 bits per heavy atom. The van der Waals surface area contributed by atoms with Crippen LogP contribution >= 0.6 is 0 Å². The molecule has 0 spiro atoms. The maximum absolute atomic E-state index is 12.5. The van der Waals surface area contributed by atoms with Crippen molar-refractivity contribution in [1.82, 2.24) is 10.7 Å². The predicted molar refractivity (Wildman–Crippen MR) is 107 cm³/mol. The fourth-order valence-electron chi connectivity index (χ4n) is 5.62. The van der Waals surface area contributed by atoms with E-state index in [1.165, 1.54) is 32.1 Å². The summed E-state index contributed by atoms with van der Waals surface area (Å²) >= 11 is 0. The average Bonchev–Trinajstić information content (AvgIpc) is 2.68. The molecule has 0 aromatic heterocycles. The monoisotopic (exact) mass is 383 g/mol. The molecule has 1 aromatic carbocycles. The van der Waals surface area contributed by atoms with Crippen LogP contribution in [-0.2, 0) is 4.79 Å². The molecule has 150 valence electrons. The van der Waals surface area contributed by atoms with Crippen LogP contribution in [-0.4, -0.2) is 30.7 Å². The predicted octanol–water partition coefficient (Wildman–Crippen LogP) is 3.13. The molecule has 4 fully saturated rings. The summed E-state index contributed by atoms with van der Waals surface area (Å²) in [5.74, 6) is 3.51. The van der Waals surface area contributed by atoms with Crippen molar-refractivity contribution in [1.29, 1.82) is 0 Å². The molecule has 0 saturated heterocycles. The number of amides is 2. The van der Waals surface area contributed by atoms with E-state index >= 15 is 0 Å². The number of carbonyl (C=O) groups is 2. The molecule has 2 amide bonds. The summed E-state index contributed by atoms with van der Waals surface area (Å²) < 4.78 is 5.08. The zero-order valence-corrected chi connectivity index (χ0v) is 16.6. The number of ether oxygens (including phenoxy) is 1. The average molecular weight is 383 g/mol. The topological polar surface area (TPSA) is 79.8 Å². The van der Waals surface area contributed by atoms with E-state index in [1.807, 2.05) is 0 Å². The summed E-state index contributed by atoms with van der Waals surface area (Å²) in [5.41, 5.74) is 3.62. The standard InChI is InChI=1S/C22H29N3O3/c1-13(24-25-22(27)16-3-5-19(28-2)6-4-16)7-20(26)23-21-17-9-14-8-15(11-17)12-18(21)10-14/h3-6,14-15,17-18,21H,7-12H2,1-2H3,(H,23,26)(H,25,27)/b24-13+. The minimum Gasteiger partial charge on any atom is -0.497 e. The van der Waals surface area contributed by atoms with Gasteiger partial charge in [0.1, 0.15) is 5.75 Å². The molecule has 4 saturated carbocycles. The van der Waals surface area contributed by atoms with E-state index in [-0.39, 0.29) is 18.2 Å². The quantitative estimate of drug-likeness (QED) is 0.585. The molecular formula is C22H29N3O3. The Kier molecular flexibility index (Phi) is 5.38. The van der Waals surface area contributed by atoms with Crippen LogP contribution in [0.3, 0.4) is 0 Å². The Morgan fingerprint density at radius 2 is 1.64 bits per heavy atom. The van der Waals surface area contributed by atoms with E-state index in [2.05, 4.69) is 15.8 Å². The summed E-state index contributed by atoms with van der Waals surface area (Å²) in [6.45, 7) is 1.77. The zero-order valence-electron chi connectivity index (χ0n) is 16.6. The largest absolute Gasteiger partial charge is 0.497 e. The van der Waals surface area contributed by atoms with Gasteiger partial charge in [-0.05, 0) is 87.0 Å². The molecular weight excluding hydrogens is 354 g/mol. The second-order valence-corrected chi connectivity index (χ2v) is 8.72. The molecule has 0 aliphatic heterocycles. The third-order valence-electron chi connectivity index (χ3n) is 6.67.